The molecule has 0 aliphatic rings. The lowest BCUT2D eigenvalue weighted by atomic mass is 9.92. The molecule has 72 valence electrons. The third-order valence-electron chi connectivity index (χ3n) is 2.18. The van der Waals surface area contributed by atoms with Gasteiger partial charge in [0, 0.05) is 0 Å². The van der Waals surface area contributed by atoms with Gasteiger partial charge in [-0.15, -0.1) is 0 Å². The van der Waals surface area contributed by atoms with Crippen molar-refractivity contribution in [2.24, 2.45) is 5.73 Å². The average Bonchev–Trinajstić information content (AvgIpc) is 1.98. The highest BCUT2D eigenvalue weighted by Crippen LogP contribution is 2.10. The summed E-state index contributed by atoms with van der Waals surface area (Å²) >= 11 is 0. The first-order valence-electron chi connectivity index (χ1n) is 4.45. The average molecular weight is 172 g/mol. The smallest absolute Gasteiger partial charge is 0.149 e. The van der Waals surface area contributed by atoms with Gasteiger partial charge in [0.25, 0.3) is 0 Å². The van der Waals surface area contributed by atoms with Crippen molar-refractivity contribution in [1.29, 1.82) is 0 Å². The molecule has 0 aromatic heterocycles. The fraction of sp³-hybridized carbons (Fsp3) is 0.889. The molecule has 0 aliphatic carbocycles. The van der Waals surface area contributed by atoms with Crippen LogP contribution in [0.25, 0.3) is 0 Å². The molecule has 0 amide bonds. The summed E-state index contributed by atoms with van der Waals surface area (Å²) in [5.74, 6) is 0.0759. The van der Waals surface area contributed by atoms with Gasteiger partial charge in [0.2, 0.25) is 0 Å². The van der Waals surface area contributed by atoms with E-state index in [1.807, 2.05) is 7.05 Å². The zero-order valence-corrected chi connectivity index (χ0v) is 8.31. The number of carbonyl (C=O) groups is 1. The van der Waals surface area contributed by atoms with Crippen LogP contribution in [0.5, 0.6) is 0 Å². The predicted molar refractivity (Wildman–Crippen MR) is 51.1 cm³/mol. The summed E-state index contributed by atoms with van der Waals surface area (Å²) < 4.78 is 0. The van der Waals surface area contributed by atoms with Crippen molar-refractivity contribution in [3.63, 3.8) is 0 Å². The van der Waals surface area contributed by atoms with Gasteiger partial charge in [0.15, 0.2) is 0 Å². The van der Waals surface area contributed by atoms with Crippen LogP contribution in [-0.4, -0.2) is 24.9 Å². The molecule has 3 nitrogen and oxygen atoms in total. The number of carbonyl (C=O) groups excluding carboxylic acids is 1. The molecule has 0 radical (unpaired) electrons. The van der Waals surface area contributed by atoms with Crippen molar-refractivity contribution in [2.45, 2.75) is 38.6 Å². The molecule has 0 fully saturated rings. The Hall–Kier alpha value is -0.410. The molecule has 0 aliphatic heterocycles. The summed E-state index contributed by atoms with van der Waals surface area (Å²) in [6.45, 7) is 4.35. The number of nitrogens with two attached hydrogens (primary N) is 1. The number of rotatable bonds is 6. The number of nitrogens with one attached hydrogen (secondary N) is 1. The molecule has 3 heteroatoms. The summed E-state index contributed by atoms with van der Waals surface area (Å²) in [5, 5.41) is 3.06. The van der Waals surface area contributed by atoms with E-state index in [0.717, 1.165) is 25.8 Å². The molecule has 12 heavy (non-hydrogen) atoms. The van der Waals surface area contributed by atoms with Gasteiger partial charge in [0.1, 0.15) is 5.78 Å². The van der Waals surface area contributed by atoms with Crippen LogP contribution < -0.4 is 11.1 Å². The Kier molecular flexibility index (Phi) is 5.09. The van der Waals surface area contributed by atoms with Crippen LogP contribution in [0.2, 0.25) is 0 Å². The zero-order valence-electron chi connectivity index (χ0n) is 8.31. The Morgan fingerprint density at radius 1 is 1.50 bits per heavy atom. The number of unbranched alkanes of at least 4 members (excludes halogenated alkanes) is 1. The Labute approximate surface area is 74.7 Å². The largest absolute Gasteiger partial charge is 0.320 e. The molecule has 0 saturated heterocycles. The van der Waals surface area contributed by atoms with Gasteiger partial charge < -0.3 is 11.1 Å². The van der Waals surface area contributed by atoms with Crippen molar-refractivity contribution in [3.8, 4) is 0 Å². The van der Waals surface area contributed by atoms with Crippen LogP contribution in [0.15, 0.2) is 0 Å². The zero-order chi connectivity index (χ0) is 9.61. The monoisotopic (exact) mass is 172 g/mol. The maximum Gasteiger partial charge on any atom is 0.149 e. The van der Waals surface area contributed by atoms with Gasteiger partial charge >= 0.3 is 0 Å². The quantitative estimate of drug-likeness (QED) is 0.579. The minimum Gasteiger partial charge on any atom is -0.320 e. The molecule has 0 aromatic carbocycles. The molecule has 0 unspecified atom stereocenters. The van der Waals surface area contributed by atoms with E-state index in [0.29, 0.717) is 0 Å². The van der Waals surface area contributed by atoms with Gasteiger partial charge in [-0.25, -0.2) is 0 Å². The van der Waals surface area contributed by atoms with Gasteiger partial charge in [0.05, 0.1) is 5.54 Å². The number of hydrogen-bond donors (Lipinski definition) is 2. The topological polar surface area (TPSA) is 55.1 Å². The Bertz CT molecular complexity index is 143. The van der Waals surface area contributed by atoms with Crippen LogP contribution in [0.3, 0.4) is 0 Å². The summed E-state index contributed by atoms with van der Waals surface area (Å²) in [5.41, 5.74) is 5.15. The fourth-order valence-corrected chi connectivity index (χ4v) is 0.970. The maximum absolute atomic E-state index is 11.0. The summed E-state index contributed by atoms with van der Waals surface area (Å²) in [4.78, 5) is 11.0. The van der Waals surface area contributed by atoms with Crippen molar-refractivity contribution in [2.75, 3.05) is 13.6 Å². The van der Waals surface area contributed by atoms with Crippen LogP contribution in [0.4, 0.5) is 0 Å². The van der Waals surface area contributed by atoms with E-state index in [2.05, 4.69) is 5.32 Å². The Morgan fingerprint density at radius 3 is 2.50 bits per heavy atom. The van der Waals surface area contributed by atoms with Gasteiger partial charge in [-0.2, -0.15) is 0 Å². The molecule has 1 atom stereocenters. The Morgan fingerprint density at radius 2 is 2.08 bits per heavy atom. The van der Waals surface area contributed by atoms with Crippen LogP contribution in [-0.2, 0) is 4.79 Å². The van der Waals surface area contributed by atoms with E-state index in [9.17, 15) is 4.79 Å². The molecular weight excluding hydrogens is 152 g/mol. The third kappa shape index (κ3) is 4.46. The normalized spacial score (nSPS) is 15.7. The lowest BCUT2D eigenvalue weighted by molar-refractivity contribution is -0.121. The van der Waals surface area contributed by atoms with E-state index < -0.39 is 5.54 Å². The summed E-state index contributed by atoms with van der Waals surface area (Å²) in [6.07, 6.45) is 2.87. The van der Waals surface area contributed by atoms with Crippen molar-refractivity contribution < 1.29 is 4.79 Å². The predicted octanol–water partition coefficient (Wildman–Crippen LogP) is 0.682. The first kappa shape index (κ1) is 11.6. The van der Waals surface area contributed by atoms with Gasteiger partial charge in [-0.3, -0.25) is 4.79 Å². The third-order valence-corrected chi connectivity index (χ3v) is 2.18. The molecular formula is C9H20N2O. The first-order chi connectivity index (χ1) is 5.50. The lowest BCUT2D eigenvalue weighted by Gasteiger charge is -2.20. The first-order valence-corrected chi connectivity index (χ1v) is 4.45. The number of hydrogen-bond acceptors (Lipinski definition) is 3. The van der Waals surface area contributed by atoms with Crippen LogP contribution in [0, 0.1) is 0 Å². The summed E-state index contributed by atoms with van der Waals surface area (Å²) in [7, 11) is 1.92. The highest BCUT2D eigenvalue weighted by molar-refractivity contribution is 5.85. The van der Waals surface area contributed by atoms with Crippen molar-refractivity contribution in [3.05, 3.63) is 0 Å². The van der Waals surface area contributed by atoms with Crippen molar-refractivity contribution >= 4 is 5.78 Å². The van der Waals surface area contributed by atoms with E-state index in [1.54, 1.807) is 13.8 Å². The number of Topliss-reactive ketones (excluding diaryl/α,β-unsaturated/α-hetero) is 1. The molecule has 0 bridgehead atoms. The SMILES string of the molecule is CNCCCC[C@](C)(N)C(C)=O. The molecule has 0 saturated carbocycles. The highest BCUT2D eigenvalue weighted by atomic mass is 16.1. The fourth-order valence-electron chi connectivity index (χ4n) is 0.970. The Balaban J connectivity index is 3.54. The van der Waals surface area contributed by atoms with E-state index in [-0.39, 0.29) is 5.78 Å². The maximum atomic E-state index is 11.0. The minimum atomic E-state index is -0.617. The van der Waals surface area contributed by atoms with Crippen LogP contribution in [0.1, 0.15) is 33.1 Å². The van der Waals surface area contributed by atoms with E-state index in [4.69, 9.17) is 5.73 Å². The minimum absolute atomic E-state index is 0.0759. The molecule has 3 N–H and O–H groups in total. The number of ketones is 1. The summed E-state index contributed by atoms with van der Waals surface area (Å²) in [6, 6.07) is 0. The van der Waals surface area contributed by atoms with E-state index >= 15 is 0 Å². The van der Waals surface area contributed by atoms with Crippen molar-refractivity contribution in [1.82, 2.24) is 5.32 Å². The van der Waals surface area contributed by atoms with E-state index in [1.165, 1.54) is 0 Å². The van der Waals surface area contributed by atoms with Crippen LogP contribution >= 0.6 is 0 Å². The highest BCUT2D eigenvalue weighted by Gasteiger charge is 2.22. The lowest BCUT2D eigenvalue weighted by Crippen LogP contribution is -2.43. The molecule has 0 aromatic rings. The molecule has 0 heterocycles. The van der Waals surface area contributed by atoms with Gasteiger partial charge in [-0.1, -0.05) is 0 Å². The second-order valence-electron chi connectivity index (χ2n) is 3.53. The second-order valence-corrected chi connectivity index (χ2v) is 3.53. The van der Waals surface area contributed by atoms with Gasteiger partial charge in [-0.05, 0) is 46.7 Å². The molecule has 0 spiro atoms. The second kappa shape index (κ2) is 5.27. The molecule has 0 rings (SSSR count). The standard InChI is InChI=1S/C9H20N2O/c1-8(12)9(2,10)6-4-5-7-11-3/h11H,4-7,10H2,1-3H3/t9-/m0/s1.